The van der Waals surface area contributed by atoms with Crippen molar-refractivity contribution in [2.45, 2.75) is 49.8 Å². The van der Waals surface area contributed by atoms with Crippen molar-refractivity contribution in [3.63, 3.8) is 0 Å². The first kappa shape index (κ1) is 16.3. The van der Waals surface area contributed by atoms with Crippen molar-refractivity contribution in [3.05, 3.63) is 43.0 Å². The highest BCUT2D eigenvalue weighted by Crippen LogP contribution is 2.40. The molecule has 106 valence electrons. The second-order valence-corrected chi connectivity index (χ2v) is 6.42. The van der Waals surface area contributed by atoms with Crippen LogP contribution in [-0.2, 0) is 0 Å². The molecule has 0 radical (unpaired) electrons. The van der Waals surface area contributed by atoms with Gasteiger partial charge in [0.15, 0.2) is 0 Å². The molecule has 1 N–H and O–H groups in total. The fraction of sp³-hybridized carbons (Fsp3) is 0.529. The van der Waals surface area contributed by atoms with Crippen LogP contribution in [-0.4, -0.2) is 11.4 Å². The van der Waals surface area contributed by atoms with Gasteiger partial charge in [0.25, 0.3) is 0 Å². The van der Waals surface area contributed by atoms with Crippen LogP contribution < -0.4 is 5.32 Å². The van der Waals surface area contributed by atoms with Crippen LogP contribution >= 0.6 is 11.8 Å². The fourth-order valence-corrected chi connectivity index (χ4v) is 3.80. The first-order valence-electron chi connectivity index (χ1n) is 7.28. The summed E-state index contributed by atoms with van der Waals surface area (Å²) < 4.78 is 0. The average Bonchev–Trinajstić information content (AvgIpc) is 2.45. The predicted octanol–water partition coefficient (Wildman–Crippen LogP) is 5.10. The molecule has 0 heterocycles. The topological polar surface area (TPSA) is 12.0 Å². The Hall–Kier alpha value is -0.730. The smallest absolute Gasteiger partial charge is 0.0717 e. The molecule has 1 aromatic rings. The van der Waals surface area contributed by atoms with E-state index in [1.54, 1.807) is 0 Å². The van der Waals surface area contributed by atoms with E-state index in [9.17, 15) is 0 Å². The Balaban J connectivity index is 2.91. The molecular weight excluding hydrogens is 250 g/mol. The van der Waals surface area contributed by atoms with Crippen LogP contribution in [0.3, 0.4) is 0 Å². The maximum Gasteiger partial charge on any atom is 0.0717 e. The summed E-state index contributed by atoms with van der Waals surface area (Å²) in [6.07, 6.45) is 5.54. The number of benzene rings is 1. The Kier molecular flexibility index (Phi) is 7.25. The SMILES string of the molecule is C=CCN[C@@](CC)(Sc1ccccc1)[C@H](C)CCC. The molecule has 0 unspecified atom stereocenters. The minimum atomic E-state index is 0.103. The molecule has 0 spiro atoms. The second-order valence-electron chi connectivity index (χ2n) is 5.02. The maximum absolute atomic E-state index is 3.84. The van der Waals surface area contributed by atoms with Crippen LogP contribution in [0.4, 0.5) is 0 Å². The molecule has 0 fully saturated rings. The van der Waals surface area contributed by atoms with Crippen molar-refractivity contribution in [1.82, 2.24) is 5.32 Å². The minimum Gasteiger partial charge on any atom is -0.299 e. The van der Waals surface area contributed by atoms with Gasteiger partial charge in [-0.1, -0.05) is 51.5 Å². The zero-order valence-electron chi connectivity index (χ0n) is 12.5. The molecular formula is C17H27NS. The summed E-state index contributed by atoms with van der Waals surface area (Å²) in [6.45, 7) is 11.6. The molecule has 0 aliphatic rings. The lowest BCUT2D eigenvalue weighted by atomic mass is 9.94. The summed E-state index contributed by atoms with van der Waals surface area (Å²) in [6, 6.07) is 10.7. The highest BCUT2D eigenvalue weighted by molar-refractivity contribution is 8.00. The Morgan fingerprint density at radius 3 is 2.53 bits per heavy atom. The number of hydrogen-bond donors (Lipinski definition) is 1. The van der Waals surface area contributed by atoms with Gasteiger partial charge in [-0.3, -0.25) is 5.32 Å². The molecule has 1 rings (SSSR count). The van der Waals surface area contributed by atoms with Gasteiger partial charge >= 0.3 is 0 Å². The van der Waals surface area contributed by atoms with Crippen LogP contribution in [0.1, 0.15) is 40.0 Å². The van der Waals surface area contributed by atoms with Crippen molar-refractivity contribution in [1.29, 1.82) is 0 Å². The van der Waals surface area contributed by atoms with E-state index >= 15 is 0 Å². The number of rotatable bonds is 9. The normalized spacial score (nSPS) is 15.7. The lowest BCUT2D eigenvalue weighted by Gasteiger charge is -2.39. The molecule has 0 saturated heterocycles. The quantitative estimate of drug-likeness (QED) is 0.383. The molecule has 0 aliphatic heterocycles. The predicted molar refractivity (Wildman–Crippen MR) is 87.6 cm³/mol. The Bertz CT molecular complexity index is 363. The van der Waals surface area contributed by atoms with Gasteiger partial charge in [-0.15, -0.1) is 18.3 Å². The van der Waals surface area contributed by atoms with Gasteiger partial charge in [0.2, 0.25) is 0 Å². The van der Waals surface area contributed by atoms with Crippen molar-refractivity contribution < 1.29 is 0 Å². The summed E-state index contributed by atoms with van der Waals surface area (Å²) >= 11 is 1.97. The highest BCUT2D eigenvalue weighted by atomic mass is 32.2. The maximum atomic E-state index is 3.84. The lowest BCUT2D eigenvalue weighted by Crippen LogP contribution is -2.47. The van der Waals surface area contributed by atoms with Crippen molar-refractivity contribution in [2.75, 3.05) is 6.54 Å². The monoisotopic (exact) mass is 277 g/mol. The van der Waals surface area contributed by atoms with Crippen LogP contribution in [0.25, 0.3) is 0 Å². The van der Waals surface area contributed by atoms with E-state index in [0.29, 0.717) is 5.92 Å². The molecule has 19 heavy (non-hydrogen) atoms. The molecule has 1 nitrogen and oxygen atoms in total. The zero-order chi connectivity index (χ0) is 14.1. The van der Waals surface area contributed by atoms with Crippen molar-refractivity contribution in [3.8, 4) is 0 Å². The molecule has 0 aromatic heterocycles. The van der Waals surface area contributed by atoms with E-state index in [-0.39, 0.29) is 4.87 Å². The lowest BCUT2D eigenvalue weighted by molar-refractivity contribution is 0.318. The van der Waals surface area contributed by atoms with Crippen molar-refractivity contribution >= 4 is 11.8 Å². The van der Waals surface area contributed by atoms with E-state index < -0.39 is 0 Å². The van der Waals surface area contributed by atoms with Crippen LogP contribution in [0, 0.1) is 5.92 Å². The average molecular weight is 277 g/mol. The van der Waals surface area contributed by atoms with Gasteiger partial charge < -0.3 is 0 Å². The van der Waals surface area contributed by atoms with Gasteiger partial charge in [0.1, 0.15) is 0 Å². The van der Waals surface area contributed by atoms with E-state index in [2.05, 4.69) is 63.0 Å². The first-order chi connectivity index (χ1) is 9.18. The summed E-state index contributed by atoms with van der Waals surface area (Å²) in [4.78, 5) is 1.44. The Labute approximate surface area is 122 Å². The third-order valence-corrected chi connectivity index (χ3v) is 5.34. The second kappa shape index (κ2) is 8.44. The van der Waals surface area contributed by atoms with Gasteiger partial charge in [-0.2, -0.15) is 0 Å². The first-order valence-corrected chi connectivity index (χ1v) is 8.10. The van der Waals surface area contributed by atoms with Gasteiger partial charge in [0.05, 0.1) is 4.87 Å². The number of hydrogen-bond acceptors (Lipinski definition) is 2. The van der Waals surface area contributed by atoms with Gasteiger partial charge in [-0.25, -0.2) is 0 Å². The molecule has 2 heteroatoms. The van der Waals surface area contributed by atoms with E-state index in [1.807, 2.05) is 17.8 Å². The van der Waals surface area contributed by atoms with Gasteiger partial charge in [0, 0.05) is 11.4 Å². The summed E-state index contributed by atoms with van der Waals surface area (Å²) in [7, 11) is 0. The Morgan fingerprint density at radius 2 is 2.00 bits per heavy atom. The summed E-state index contributed by atoms with van der Waals surface area (Å²) in [5.74, 6) is 0.632. The third kappa shape index (κ3) is 4.70. The van der Waals surface area contributed by atoms with E-state index in [0.717, 1.165) is 13.0 Å². The molecule has 0 saturated carbocycles. The fourth-order valence-electron chi connectivity index (χ4n) is 2.47. The number of nitrogens with one attached hydrogen (secondary N) is 1. The van der Waals surface area contributed by atoms with Crippen LogP contribution in [0.15, 0.2) is 47.9 Å². The molecule has 0 aliphatic carbocycles. The highest BCUT2D eigenvalue weighted by Gasteiger charge is 2.34. The van der Waals surface area contributed by atoms with Crippen LogP contribution in [0.5, 0.6) is 0 Å². The van der Waals surface area contributed by atoms with E-state index in [1.165, 1.54) is 17.7 Å². The molecule has 1 aromatic carbocycles. The summed E-state index contributed by atoms with van der Waals surface area (Å²) in [5.41, 5.74) is 0. The number of thioether (sulfide) groups is 1. The van der Waals surface area contributed by atoms with Crippen LogP contribution in [0.2, 0.25) is 0 Å². The van der Waals surface area contributed by atoms with Crippen molar-refractivity contribution in [2.24, 2.45) is 5.92 Å². The third-order valence-electron chi connectivity index (χ3n) is 3.63. The molecule has 0 bridgehead atoms. The Morgan fingerprint density at radius 1 is 1.32 bits per heavy atom. The zero-order valence-corrected chi connectivity index (χ0v) is 13.3. The summed E-state index contributed by atoms with van der Waals surface area (Å²) in [5, 5.41) is 3.71. The minimum absolute atomic E-state index is 0.103. The van der Waals surface area contributed by atoms with E-state index in [4.69, 9.17) is 0 Å². The standard InChI is InChI=1S/C17H27NS/c1-5-11-15(4)17(7-3,18-14-6-2)19-16-12-9-8-10-13-16/h6,8-10,12-13,15,18H,2,5,7,11,14H2,1,3-4H3/t15-,17+/m1/s1. The molecule has 0 amide bonds. The largest absolute Gasteiger partial charge is 0.299 e. The van der Waals surface area contributed by atoms with Gasteiger partial charge in [-0.05, 0) is 30.9 Å². The molecule has 2 atom stereocenters.